The first-order chi connectivity index (χ1) is 10.4. The van der Waals surface area contributed by atoms with Gasteiger partial charge < -0.3 is 0 Å². The van der Waals surface area contributed by atoms with Gasteiger partial charge in [0.15, 0.2) is 0 Å². The van der Waals surface area contributed by atoms with E-state index in [0.717, 1.165) is 12.8 Å². The van der Waals surface area contributed by atoms with Crippen molar-refractivity contribution in [3.63, 3.8) is 0 Å². The first-order valence-corrected chi connectivity index (χ1v) is 7.63. The van der Waals surface area contributed by atoms with Crippen molar-refractivity contribution in [1.82, 2.24) is 0 Å². The highest BCUT2D eigenvalue weighted by molar-refractivity contribution is 6.12. The van der Waals surface area contributed by atoms with Gasteiger partial charge in [0.2, 0.25) is 0 Å². The number of rotatable bonds is 1. The lowest BCUT2D eigenvalue weighted by Gasteiger charge is -2.17. The van der Waals surface area contributed by atoms with Crippen LogP contribution in [0.1, 0.15) is 24.0 Å². The average Bonchev–Trinajstić information content (AvgIpc) is 2.56. The molecular weight excluding hydrogens is 252 g/mol. The maximum atomic E-state index is 2.38. The summed E-state index contributed by atoms with van der Waals surface area (Å²) < 4.78 is 0. The molecule has 0 N–H and O–H groups in total. The minimum absolute atomic E-state index is 1.14. The van der Waals surface area contributed by atoms with Crippen molar-refractivity contribution in [1.29, 1.82) is 0 Å². The van der Waals surface area contributed by atoms with E-state index in [2.05, 4.69) is 73.7 Å². The Balaban J connectivity index is 2.22. The predicted molar refractivity (Wildman–Crippen MR) is 92.5 cm³/mol. The Kier molecular flexibility index (Phi) is 2.89. The molecule has 21 heavy (non-hydrogen) atoms. The molecule has 1 aliphatic carbocycles. The molecular formula is C21H18. The molecule has 0 saturated heterocycles. The number of allylic oxidation sites excluding steroid dienone is 4. The molecule has 0 unspecified atom stereocenters. The van der Waals surface area contributed by atoms with Crippen molar-refractivity contribution in [2.45, 2.75) is 19.8 Å². The summed E-state index contributed by atoms with van der Waals surface area (Å²) in [4.78, 5) is 0. The number of hydrogen-bond acceptors (Lipinski definition) is 0. The molecule has 0 atom stereocenters. The van der Waals surface area contributed by atoms with Gasteiger partial charge in [0.1, 0.15) is 0 Å². The lowest BCUT2D eigenvalue weighted by atomic mass is 9.87. The highest BCUT2D eigenvalue weighted by Crippen LogP contribution is 2.37. The van der Waals surface area contributed by atoms with Crippen LogP contribution in [0.25, 0.3) is 27.1 Å². The van der Waals surface area contributed by atoms with Crippen molar-refractivity contribution in [2.75, 3.05) is 0 Å². The molecule has 0 heteroatoms. The second-order valence-corrected chi connectivity index (χ2v) is 5.73. The second-order valence-electron chi connectivity index (χ2n) is 5.73. The van der Waals surface area contributed by atoms with E-state index in [1.165, 1.54) is 38.2 Å². The molecule has 0 saturated carbocycles. The number of benzene rings is 3. The normalized spacial score (nSPS) is 14.6. The summed E-state index contributed by atoms with van der Waals surface area (Å²) in [5.74, 6) is 0. The van der Waals surface area contributed by atoms with Gasteiger partial charge in [-0.1, -0.05) is 66.8 Å². The van der Waals surface area contributed by atoms with Crippen LogP contribution in [-0.4, -0.2) is 0 Å². The van der Waals surface area contributed by atoms with Crippen LogP contribution in [-0.2, 0) is 0 Å². The van der Waals surface area contributed by atoms with Crippen molar-refractivity contribution >= 4 is 27.1 Å². The van der Waals surface area contributed by atoms with Crippen LogP contribution >= 0.6 is 0 Å². The largest absolute Gasteiger partial charge is 0.0836 e. The van der Waals surface area contributed by atoms with Crippen molar-refractivity contribution < 1.29 is 0 Å². The molecule has 3 aromatic rings. The first kappa shape index (κ1) is 12.4. The van der Waals surface area contributed by atoms with Gasteiger partial charge in [0.25, 0.3) is 0 Å². The Labute approximate surface area is 125 Å². The maximum Gasteiger partial charge on any atom is -0.00299 e. The van der Waals surface area contributed by atoms with Crippen LogP contribution in [0.3, 0.4) is 0 Å². The summed E-state index contributed by atoms with van der Waals surface area (Å²) in [5.41, 5.74) is 4.14. The number of fused-ring (bicyclic) bond motifs is 2. The molecule has 0 aromatic heterocycles. The van der Waals surface area contributed by atoms with Gasteiger partial charge >= 0.3 is 0 Å². The standard InChI is InChI=1S/C21H18/c1-15-17-11-5-7-13-19(17)21(16-9-3-2-4-10-16)20-14-8-6-12-18(15)20/h3,5-14H,2,4H2,1H3. The molecule has 0 nitrogen and oxygen atoms in total. The minimum atomic E-state index is 1.14. The van der Waals surface area contributed by atoms with Gasteiger partial charge in [0, 0.05) is 0 Å². The molecule has 1 aliphatic rings. The van der Waals surface area contributed by atoms with E-state index in [1.807, 2.05) is 0 Å². The van der Waals surface area contributed by atoms with Crippen LogP contribution in [0.15, 0.2) is 66.8 Å². The topological polar surface area (TPSA) is 0 Å². The fourth-order valence-electron chi connectivity index (χ4n) is 3.46. The van der Waals surface area contributed by atoms with Gasteiger partial charge in [-0.15, -0.1) is 0 Å². The van der Waals surface area contributed by atoms with Gasteiger partial charge in [-0.2, -0.15) is 0 Å². The minimum Gasteiger partial charge on any atom is -0.0836 e. The molecule has 4 rings (SSSR count). The Bertz CT molecular complexity index is 837. The Hall–Kier alpha value is -2.34. The molecule has 0 bridgehead atoms. The fraction of sp³-hybridized carbons (Fsp3) is 0.143. The third-order valence-corrected chi connectivity index (χ3v) is 4.48. The first-order valence-electron chi connectivity index (χ1n) is 7.63. The molecule has 102 valence electrons. The van der Waals surface area contributed by atoms with Crippen molar-refractivity contribution in [3.8, 4) is 0 Å². The Morgan fingerprint density at radius 1 is 0.714 bits per heavy atom. The third kappa shape index (κ3) is 1.91. The third-order valence-electron chi connectivity index (χ3n) is 4.48. The second kappa shape index (κ2) is 4.89. The number of hydrogen-bond donors (Lipinski definition) is 0. The predicted octanol–water partition coefficient (Wildman–Crippen LogP) is 6.03. The van der Waals surface area contributed by atoms with Crippen LogP contribution in [0.4, 0.5) is 0 Å². The van der Waals surface area contributed by atoms with E-state index in [0.29, 0.717) is 0 Å². The van der Waals surface area contributed by atoms with E-state index in [-0.39, 0.29) is 0 Å². The molecule has 0 radical (unpaired) electrons. The molecule has 0 heterocycles. The lowest BCUT2D eigenvalue weighted by Crippen LogP contribution is -1.93. The molecule has 0 fully saturated rings. The summed E-state index contributed by atoms with van der Waals surface area (Å²) >= 11 is 0. The average molecular weight is 270 g/mol. The fourth-order valence-corrected chi connectivity index (χ4v) is 3.46. The zero-order valence-corrected chi connectivity index (χ0v) is 12.3. The van der Waals surface area contributed by atoms with Crippen molar-refractivity contribution in [3.05, 3.63) is 77.9 Å². The van der Waals surface area contributed by atoms with E-state index in [9.17, 15) is 0 Å². The monoisotopic (exact) mass is 270 g/mol. The smallest absolute Gasteiger partial charge is 0.00299 e. The van der Waals surface area contributed by atoms with E-state index >= 15 is 0 Å². The van der Waals surface area contributed by atoms with Crippen LogP contribution in [0, 0.1) is 6.92 Å². The molecule has 0 spiro atoms. The zero-order valence-electron chi connectivity index (χ0n) is 12.3. The van der Waals surface area contributed by atoms with Gasteiger partial charge in [-0.25, -0.2) is 0 Å². The van der Waals surface area contributed by atoms with Gasteiger partial charge in [-0.05, 0) is 58.0 Å². The van der Waals surface area contributed by atoms with Crippen LogP contribution in [0.5, 0.6) is 0 Å². The highest BCUT2D eigenvalue weighted by atomic mass is 14.2. The quantitative estimate of drug-likeness (QED) is 0.473. The van der Waals surface area contributed by atoms with E-state index < -0.39 is 0 Å². The zero-order chi connectivity index (χ0) is 14.2. The molecule has 0 amide bonds. The van der Waals surface area contributed by atoms with E-state index in [1.54, 1.807) is 0 Å². The summed E-state index contributed by atoms with van der Waals surface area (Å²) in [7, 11) is 0. The highest BCUT2D eigenvalue weighted by Gasteiger charge is 2.13. The molecule has 3 aromatic carbocycles. The Morgan fingerprint density at radius 2 is 1.29 bits per heavy atom. The summed E-state index contributed by atoms with van der Waals surface area (Å²) in [6.45, 7) is 2.24. The van der Waals surface area contributed by atoms with Crippen molar-refractivity contribution in [2.24, 2.45) is 0 Å². The summed E-state index contributed by atoms with van der Waals surface area (Å²) in [5, 5.41) is 5.47. The van der Waals surface area contributed by atoms with Crippen LogP contribution < -0.4 is 0 Å². The molecule has 0 aliphatic heterocycles. The van der Waals surface area contributed by atoms with Gasteiger partial charge in [0.05, 0.1) is 0 Å². The lowest BCUT2D eigenvalue weighted by molar-refractivity contribution is 1.04. The summed E-state index contributed by atoms with van der Waals surface area (Å²) in [6.07, 6.45) is 9.25. The van der Waals surface area contributed by atoms with E-state index in [4.69, 9.17) is 0 Å². The maximum absolute atomic E-state index is 2.38. The van der Waals surface area contributed by atoms with Gasteiger partial charge in [-0.3, -0.25) is 0 Å². The summed E-state index contributed by atoms with van der Waals surface area (Å²) in [6, 6.07) is 17.6. The number of aryl methyl sites for hydroxylation is 1. The Morgan fingerprint density at radius 3 is 1.81 bits per heavy atom. The SMILES string of the molecule is Cc1c2ccccc2c(C2=CCCC=C2)c2ccccc12. The van der Waals surface area contributed by atoms with Crippen LogP contribution in [0.2, 0.25) is 0 Å².